The summed E-state index contributed by atoms with van der Waals surface area (Å²) >= 11 is 1.73. The molecule has 0 spiro atoms. The molecule has 0 atom stereocenters. The molecule has 3 aromatic rings. The number of nitrogens with zero attached hydrogens (tertiary/aromatic N) is 2. The van der Waals surface area contributed by atoms with Crippen molar-refractivity contribution in [3.63, 3.8) is 0 Å². The highest BCUT2D eigenvalue weighted by atomic mass is 32.1. The molecule has 0 saturated heterocycles. The number of nitrogens with one attached hydrogen (secondary N) is 1. The van der Waals surface area contributed by atoms with Gasteiger partial charge in [0, 0.05) is 34.5 Å². The van der Waals surface area contributed by atoms with Crippen LogP contribution in [0.15, 0.2) is 42.6 Å². The van der Waals surface area contributed by atoms with Crippen LogP contribution in [0.25, 0.3) is 16.2 Å². The van der Waals surface area contributed by atoms with Gasteiger partial charge in [0.1, 0.15) is 5.82 Å². The van der Waals surface area contributed by atoms with Gasteiger partial charge in [-0.3, -0.25) is 9.59 Å². The van der Waals surface area contributed by atoms with Crippen LogP contribution in [0.2, 0.25) is 0 Å². The van der Waals surface area contributed by atoms with Crippen LogP contribution in [0.5, 0.6) is 0 Å². The van der Waals surface area contributed by atoms with Crippen molar-refractivity contribution in [1.29, 1.82) is 0 Å². The molecule has 1 aliphatic heterocycles. The fraction of sp³-hybridized carbons (Fsp3) is 0.261. The lowest BCUT2D eigenvalue weighted by Gasteiger charge is -2.15. The maximum absolute atomic E-state index is 12.6. The molecular formula is C23H23N3O2S. The van der Waals surface area contributed by atoms with Crippen LogP contribution >= 0.6 is 11.3 Å². The van der Waals surface area contributed by atoms with Crippen LogP contribution in [0, 0.1) is 6.92 Å². The molecule has 4 rings (SSSR count). The highest BCUT2D eigenvalue weighted by Gasteiger charge is 2.39. The van der Waals surface area contributed by atoms with Crippen molar-refractivity contribution in [3.05, 3.63) is 64.2 Å². The van der Waals surface area contributed by atoms with Crippen LogP contribution in [-0.4, -0.2) is 28.7 Å². The summed E-state index contributed by atoms with van der Waals surface area (Å²) in [6, 6.07) is 10.2. The molecule has 1 N–H and O–H groups in total. The van der Waals surface area contributed by atoms with Gasteiger partial charge in [0.2, 0.25) is 11.8 Å². The van der Waals surface area contributed by atoms with Gasteiger partial charge in [0.15, 0.2) is 0 Å². The van der Waals surface area contributed by atoms with E-state index in [1.165, 1.54) is 20.5 Å². The summed E-state index contributed by atoms with van der Waals surface area (Å²) in [5, 5.41) is 4.04. The smallest absolute Gasteiger partial charge is 0.246 e. The van der Waals surface area contributed by atoms with Gasteiger partial charge in [-0.2, -0.15) is 0 Å². The number of aromatic nitrogens is 1. The van der Waals surface area contributed by atoms with Crippen LogP contribution < -0.4 is 5.32 Å². The predicted octanol–water partition coefficient (Wildman–Crippen LogP) is 4.51. The first-order valence-electron chi connectivity index (χ1n) is 9.49. The lowest BCUT2D eigenvalue weighted by molar-refractivity contribution is -0.125. The van der Waals surface area contributed by atoms with Gasteiger partial charge in [-0.25, -0.2) is 4.98 Å². The average molecular weight is 406 g/mol. The Balaban J connectivity index is 1.49. The van der Waals surface area contributed by atoms with E-state index in [1.807, 2.05) is 39.1 Å². The number of aryl methyl sites for hydroxylation is 1. The third kappa shape index (κ3) is 3.44. The monoisotopic (exact) mass is 405 g/mol. The van der Waals surface area contributed by atoms with E-state index in [4.69, 9.17) is 0 Å². The second kappa shape index (κ2) is 7.12. The molecule has 0 aliphatic carbocycles. The Morgan fingerprint density at radius 2 is 2.07 bits per heavy atom. The number of benzene rings is 1. The van der Waals surface area contributed by atoms with E-state index >= 15 is 0 Å². The molecule has 29 heavy (non-hydrogen) atoms. The Morgan fingerprint density at radius 1 is 1.31 bits per heavy atom. The third-order valence-electron chi connectivity index (χ3n) is 5.50. The number of anilines is 1. The van der Waals surface area contributed by atoms with Crippen molar-refractivity contribution in [3.8, 4) is 0 Å². The summed E-state index contributed by atoms with van der Waals surface area (Å²) < 4.78 is 1.24. The molecule has 1 aromatic carbocycles. The topological polar surface area (TPSA) is 62.3 Å². The van der Waals surface area contributed by atoms with Gasteiger partial charge in [-0.15, -0.1) is 11.3 Å². The van der Waals surface area contributed by atoms with Crippen LogP contribution in [0.3, 0.4) is 0 Å². The highest BCUT2D eigenvalue weighted by molar-refractivity contribution is 7.19. The maximum Gasteiger partial charge on any atom is 0.246 e. The molecule has 3 heterocycles. The zero-order chi connectivity index (χ0) is 20.8. The number of fused-ring (bicyclic) bond motifs is 2. The second-order valence-electron chi connectivity index (χ2n) is 7.92. The molecule has 5 nitrogen and oxygen atoms in total. The van der Waals surface area contributed by atoms with E-state index < -0.39 is 5.41 Å². The molecule has 0 unspecified atom stereocenters. The number of carbonyl (C=O) groups is 2. The van der Waals surface area contributed by atoms with Crippen LogP contribution in [0.4, 0.5) is 5.82 Å². The summed E-state index contributed by atoms with van der Waals surface area (Å²) in [5.74, 6) is 0.465. The first-order valence-corrected chi connectivity index (χ1v) is 10.3. The van der Waals surface area contributed by atoms with E-state index in [9.17, 15) is 9.59 Å². The Hall–Kier alpha value is -2.99. The average Bonchev–Trinajstić information content (AvgIpc) is 3.13. The van der Waals surface area contributed by atoms with Crippen LogP contribution in [-0.2, 0) is 21.5 Å². The number of hydrogen-bond acceptors (Lipinski definition) is 4. The highest BCUT2D eigenvalue weighted by Crippen LogP contribution is 2.36. The fourth-order valence-corrected chi connectivity index (χ4v) is 4.76. The standard InChI is InChI=1S/C23H23N3O2S/c1-14-16-7-5-6-8-18(16)29-19(14)13-26(4)20(27)10-9-15-11-17-21(24-12-15)25-22(28)23(17,2)3/h5-12H,13H2,1-4H3,(H,24,25,28). The van der Waals surface area contributed by atoms with Gasteiger partial charge < -0.3 is 10.2 Å². The quantitative estimate of drug-likeness (QED) is 0.650. The van der Waals surface area contributed by atoms with Crippen molar-refractivity contribution in [2.45, 2.75) is 32.7 Å². The molecule has 0 radical (unpaired) electrons. The first kappa shape index (κ1) is 19.3. The fourth-order valence-electron chi connectivity index (χ4n) is 3.50. The Labute approximate surface area is 174 Å². The van der Waals surface area contributed by atoms with Crippen molar-refractivity contribution >= 4 is 45.1 Å². The molecule has 2 aromatic heterocycles. The van der Waals surface area contributed by atoms with Crippen molar-refractivity contribution in [2.75, 3.05) is 12.4 Å². The summed E-state index contributed by atoms with van der Waals surface area (Å²) in [4.78, 5) is 31.9. The number of rotatable bonds is 4. The second-order valence-corrected chi connectivity index (χ2v) is 9.05. The van der Waals surface area contributed by atoms with E-state index in [1.54, 1.807) is 34.6 Å². The summed E-state index contributed by atoms with van der Waals surface area (Å²) in [7, 11) is 1.81. The number of likely N-dealkylation sites (N-methyl/N-ethyl adjacent to an activating group) is 1. The number of amides is 2. The minimum Gasteiger partial charge on any atom is -0.337 e. The lowest BCUT2D eigenvalue weighted by Crippen LogP contribution is -2.26. The van der Waals surface area contributed by atoms with Crippen molar-refractivity contribution < 1.29 is 9.59 Å². The zero-order valence-electron chi connectivity index (χ0n) is 16.9. The maximum atomic E-state index is 12.6. The number of hydrogen-bond donors (Lipinski definition) is 1. The molecule has 0 fully saturated rings. The first-order chi connectivity index (χ1) is 13.8. The number of pyridine rings is 1. The van der Waals surface area contributed by atoms with Crippen molar-refractivity contribution in [2.24, 2.45) is 0 Å². The van der Waals surface area contributed by atoms with Gasteiger partial charge in [-0.1, -0.05) is 18.2 Å². The van der Waals surface area contributed by atoms with Crippen LogP contribution in [0.1, 0.15) is 35.4 Å². The SMILES string of the molecule is Cc1c(CN(C)C(=O)C=Cc2cnc3c(c2)C(C)(C)C(=O)N3)sc2ccccc12. The molecule has 1 aliphatic rings. The van der Waals surface area contributed by atoms with Gasteiger partial charge in [0.25, 0.3) is 0 Å². The molecule has 2 amide bonds. The van der Waals surface area contributed by atoms with Crippen molar-refractivity contribution in [1.82, 2.24) is 9.88 Å². The minimum absolute atomic E-state index is 0.0596. The third-order valence-corrected chi connectivity index (χ3v) is 6.76. The number of thiophene rings is 1. The van der Waals surface area contributed by atoms with Gasteiger partial charge in [-0.05, 0) is 55.5 Å². The molecule has 0 saturated carbocycles. The normalized spacial score (nSPS) is 15.0. The lowest BCUT2D eigenvalue weighted by atomic mass is 9.86. The molecule has 0 bridgehead atoms. The molecule has 6 heteroatoms. The Bertz CT molecular complexity index is 1160. The Kier molecular flexibility index (Phi) is 4.74. The summed E-state index contributed by atoms with van der Waals surface area (Å²) in [6.45, 7) is 6.42. The zero-order valence-corrected chi connectivity index (χ0v) is 17.8. The summed E-state index contributed by atoms with van der Waals surface area (Å²) in [5.41, 5.74) is 2.27. The molecule has 148 valence electrons. The number of carbonyl (C=O) groups excluding carboxylic acids is 2. The minimum atomic E-state index is -0.619. The van der Waals surface area contributed by atoms with Gasteiger partial charge in [0.05, 0.1) is 12.0 Å². The van der Waals surface area contributed by atoms with E-state index in [-0.39, 0.29) is 11.8 Å². The van der Waals surface area contributed by atoms with E-state index in [2.05, 4.69) is 29.4 Å². The Morgan fingerprint density at radius 3 is 2.83 bits per heavy atom. The molecular weight excluding hydrogens is 382 g/mol. The summed E-state index contributed by atoms with van der Waals surface area (Å²) in [6.07, 6.45) is 4.98. The van der Waals surface area contributed by atoms with Gasteiger partial charge >= 0.3 is 0 Å². The van der Waals surface area contributed by atoms with E-state index in [0.717, 1.165) is 11.1 Å². The van der Waals surface area contributed by atoms with E-state index in [0.29, 0.717) is 12.4 Å². The largest absolute Gasteiger partial charge is 0.337 e. The predicted molar refractivity (Wildman–Crippen MR) is 118 cm³/mol.